The molecule has 0 aromatic carbocycles. The van der Waals surface area contributed by atoms with Crippen LogP contribution in [-0.2, 0) is 9.53 Å². The van der Waals surface area contributed by atoms with E-state index in [4.69, 9.17) is 11.2 Å². The van der Waals surface area contributed by atoms with Gasteiger partial charge in [0.25, 0.3) is 0 Å². The summed E-state index contributed by atoms with van der Waals surface area (Å²) < 4.78 is 5.13. The first-order valence-corrected chi connectivity index (χ1v) is 8.02. The van der Waals surface area contributed by atoms with Gasteiger partial charge in [0.2, 0.25) is 5.91 Å². The summed E-state index contributed by atoms with van der Waals surface area (Å²) in [7, 11) is 0. The van der Waals surface area contributed by atoms with E-state index in [0.29, 0.717) is 19.5 Å². The lowest BCUT2D eigenvalue weighted by atomic mass is 10.2. The van der Waals surface area contributed by atoms with Crippen LogP contribution in [-0.4, -0.2) is 30.7 Å². The zero-order chi connectivity index (χ0) is 16.8. The summed E-state index contributed by atoms with van der Waals surface area (Å²) >= 11 is 0. The average molecular weight is 310 g/mol. The Morgan fingerprint density at radius 1 is 1.00 bits per heavy atom. The summed E-state index contributed by atoms with van der Waals surface area (Å²) in [6.45, 7) is 6.78. The molecule has 0 atom stereocenters. The fraction of sp³-hybridized carbons (Fsp3) is 0.765. The van der Waals surface area contributed by atoms with Gasteiger partial charge in [0.15, 0.2) is 0 Å². The Kier molecular flexibility index (Phi) is 11.0. The molecule has 2 N–H and O–H groups in total. The van der Waals surface area contributed by atoms with Gasteiger partial charge >= 0.3 is 6.09 Å². The predicted molar refractivity (Wildman–Crippen MR) is 88.4 cm³/mol. The van der Waals surface area contributed by atoms with Crippen LogP contribution in [0.5, 0.6) is 0 Å². The lowest BCUT2D eigenvalue weighted by molar-refractivity contribution is -0.121. The SMILES string of the molecule is C#CCCCCC(=O)NCCCCCNC(=O)OC(C)(C)C. The van der Waals surface area contributed by atoms with E-state index >= 15 is 0 Å². The van der Waals surface area contributed by atoms with Crippen LogP contribution in [0.2, 0.25) is 0 Å². The van der Waals surface area contributed by atoms with Crippen LogP contribution in [0.25, 0.3) is 0 Å². The summed E-state index contributed by atoms with van der Waals surface area (Å²) in [5.74, 6) is 2.65. The number of rotatable bonds is 10. The maximum Gasteiger partial charge on any atom is 0.407 e. The van der Waals surface area contributed by atoms with Crippen LogP contribution in [0.3, 0.4) is 0 Å². The molecule has 0 saturated carbocycles. The first kappa shape index (κ1) is 20.3. The molecule has 0 fully saturated rings. The minimum Gasteiger partial charge on any atom is -0.444 e. The molecule has 0 aliphatic carbocycles. The number of unbranched alkanes of at least 4 members (excludes halogenated alkanes) is 4. The zero-order valence-corrected chi connectivity index (χ0v) is 14.2. The average Bonchev–Trinajstić information content (AvgIpc) is 2.40. The Morgan fingerprint density at radius 2 is 1.64 bits per heavy atom. The van der Waals surface area contributed by atoms with Crippen LogP contribution >= 0.6 is 0 Å². The second-order valence-corrected chi connectivity index (χ2v) is 6.25. The molecule has 22 heavy (non-hydrogen) atoms. The molecule has 0 unspecified atom stereocenters. The topological polar surface area (TPSA) is 67.4 Å². The van der Waals surface area contributed by atoms with Crippen molar-refractivity contribution in [1.82, 2.24) is 10.6 Å². The molecular formula is C17H30N2O3. The van der Waals surface area contributed by atoms with Gasteiger partial charge in [-0.05, 0) is 52.9 Å². The fourth-order valence-electron chi connectivity index (χ4n) is 1.76. The highest BCUT2D eigenvalue weighted by molar-refractivity contribution is 5.75. The summed E-state index contributed by atoms with van der Waals surface area (Å²) in [5.41, 5.74) is -0.464. The highest BCUT2D eigenvalue weighted by Gasteiger charge is 2.15. The van der Waals surface area contributed by atoms with Gasteiger partial charge in [0.1, 0.15) is 5.60 Å². The minimum absolute atomic E-state index is 0.0869. The Bertz CT molecular complexity index is 367. The van der Waals surface area contributed by atoms with Crippen molar-refractivity contribution in [3.63, 3.8) is 0 Å². The number of carbonyl (C=O) groups excluding carboxylic acids is 2. The molecule has 0 spiro atoms. The highest BCUT2D eigenvalue weighted by Crippen LogP contribution is 2.06. The van der Waals surface area contributed by atoms with Crippen molar-refractivity contribution in [3.8, 4) is 12.3 Å². The number of hydrogen-bond donors (Lipinski definition) is 2. The molecule has 0 saturated heterocycles. The maximum absolute atomic E-state index is 11.5. The normalized spacial score (nSPS) is 10.6. The Labute approximate surface area is 134 Å². The molecule has 0 aromatic heterocycles. The van der Waals surface area contributed by atoms with E-state index in [2.05, 4.69) is 16.6 Å². The Hall–Kier alpha value is -1.70. The smallest absolute Gasteiger partial charge is 0.407 e. The van der Waals surface area contributed by atoms with Gasteiger partial charge in [0.05, 0.1) is 0 Å². The van der Waals surface area contributed by atoms with E-state index in [1.165, 1.54) is 0 Å². The Balaban J connectivity index is 3.38. The van der Waals surface area contributed by atoms with Crippen molar-refractivity contribution in [2.75, 3.05) is 13.1 Å². The number of nitrogens with one attached hydrogen (secondary N) is 2. The minimum atomic E-state index is -0.464. The van der Waals surface area contributed by atoms with E-state index < -0.39 is 5.60 Å². The van der Waals surface area contributed by atoms with Gasteiger partial charge in [0, 0.05) is 25.9 Å². The molecule has 5 heteroatoms. The number of amides is 2. The summed E-state index contributed by atoms with van der Waals surface area (Å²) in [6.07, 6.45) is 10.5. The van der Waals surface area contributed by atoms with Crippen LogP contribution in [0.15, 0.2) is 0 Å². The maximum atomic E-state index is 11.5. The fourth-order valence-corrected chi connectivity index (χ4v) is 1.76. The molecule has 0 aliphatic heterocycles. The van der Waals surface area contributed by atoms with E-state index in [-0.39, 0.29) is 12.0 Å². The van der Waals surface area contributed by atoms with Gasteiger partial charge in [-0.2, -0.15) is 0 Å². The van der Waals surface area contributed by atoms with E-state index in [9.17, 15) is 9.59 Å². The second kappa shape index (κ2) is 11.9. The monoisotopic (exact) mass is 310 g/mol. The molecule has 0 aromatic rings. The van der Waals surface area contributed by atoms with Crippen LogP contribution < -0.4 is 10.6 Å². The lowest BCUT2D eigenvalue weighted by Crippen LogP contribution is -2.33. The Morgan fingerprint density at radius 3 is 2.23 bits per heavy atom. The van der Waals surface area contributed by atoms with Crippen molar-refractivity contribution in [2.24, 2.45) is 0 Å². The largest absolute Gasteiger partial charge is 0.444 e. The van der Waals surface area contributed by atoms with Crippen LogP contribution in [0, 0.1) is 12.3 Å². The zero-order valence-electron chi connectivity index (χ0n) is 14.2. The van der Waals surface area contributed by atoms with Gasteiger partial charge < -0.3 is 15.4 Å². The van der Waals surface area contributed by atoms with E-state index in [0.717, 1.165) is 38.5 Å². The van der Waals surface area contributed by atoms with Crippen LogP contribution in [0.1, 0.15) is 65.7 Å². The van der Waals surface area contributed by atoms with Crippen molar-refractivity contribution in [3.05, 3.63) is 0 Å². The number of alkyl carbamates (subject to hydrolysis) is 1. The standard InChI is InChI=1S/C17H30N2O3/c1-5-6-7-9-12-15(20)18-13-10-8-11-14-19-16(21)22-17(2,3)4/h1H,6-14H2,2-4H3,(H,18,20)(H,19,21). The van der Waals surface area contributed by atoms with Gasteiger partial charge in [-0.25, -0.2) is 4.79 Å². The third-order valence-electron chi connectivity index (χ3n) is 2.82. The molecule has 126 valence electrons. The van der Waals surface area contributed by atoms with E-state index in [1.807, 2.05) is 20.8 Å². The van der Waals surface area contributed by atoms with Crippen molar-refractivity contribution < 1.29 is 14.3 Å². The third-order valence-corrected chi connectivity index (χ3v) is 2.82. The number of carbonyl (C=O) groups is 2. The van der Waals surface area contributed by atoms with Gasteiger partial charge in [-0.15, -0.1) is 12.3 Å². The van der Waals surface area contributed by atoms with Gasteiger partial charge in [-0.3, -0.25) is 4.79 Å². The summed E-state index contributed by atoms with van der Waals surface area (Å²) in [6, 6.07) is 0. The quantitative estimate of drug-likeness (QED) is 0.481. The number of hydrogen-bond acceptors (Lipinski definition) is 3. The second-order valence-electron chi connectivity index (χ2n) is 6.25. The van der Waals surface area contributed by atoms with Crippen LogP contribution in [0.4, 0.5) is 4.79 Å². The first-order chi connectivity index (χ1) is 10.3. The van der Waals surface area contributed by atoms with Gasteiger partial charge in [-0.1, -0.05) is 0 Å². The molecule has 0 bridgehead atoms. The number of ether oxygens (including phenoxy) is 1. The molecule has 0 heterocycles. The highest BCUT2D eigenvalue weighted by atomic mass is 16.6. The molecule has 0 aliphatic rings. The van der Waals surface area contributed by atoms with E-state index in [1.54, 1.807) is 0 Å². The molecular weight excluding hydrogens is 280 g/mol. The van der Waals surface area contributed by atoms with Crippen molar-refractivity contribution in [1.29, 1.82) is 0 Å². The summed E-state index contributed by atoms with van der Waals surface area (Å²) in [4.78, 5) is 22.9. The van der Waals surface area contributed by atoms with Crippen molar-refractivity contribution in [2.45, 2.75) is 71.3 Å². The molecule has 2 amide bonds. The number of terminal acetylenes is 1. The molecule has 0 rings (SSSR count). The third kappa shape index (κ3) is 14.7. The van der Waals surface area contributed by atoms with Crippen molar-refractivity contribution >= 4 is 12.0 Å². The summed E-state index contributed by atoms with van der Waals surface area (Å²) in [5, 5.41) is 5.60. The predicted octanol–water partition coefficient (Wildman–Crippen LogP) is 2.99. The molecule has 0 radical (unpaired) electrons. The first-order valence-electron chi connectivity index (χ1n) is 8.02. The molecule has 5 nitrogen and oxygen atoms in total. The lowest BCUT2D eigenvalue weighted by Gasteiger charge is -2.19.